The molecule has 3 aliphatic carbocycles. The number of rotatable bonds is 9. The summed E-state index contributed by atoms with van der Waals surface area (Å²) < 4.78 is 23.9. The van der Waals surface area contributed by atoms with E-state index in [1.165, 1.54) is 35.2 Å². The van der Waals surface area contributed by atoms with Crippen molar-refractivity contribution in [2.45, 2.75) is 95.4 Å². The lowest BCUT2D eigenvalue weighted by molar-refractivity contribution is -0.150. The van der Waals surface area contributed by atoms with Crippen LogP contribution in [0.5, 0.6) is 17.2 Å². The third-order valence-corrected chi connectivity index (χ3v) is 11.3. The average Bonchev–Trinajstić information content (AvgIpc) is 3.62. The summed E-state index contributed by atoms with van der Waals surface area (Å²) in [5, 5.41) is 4.22. The highest BCUT2D eigenvalue weighted by Gasteiger charge is 2.55. The zero-order chi connectivity index (χ0) is 31.9. The summed E-state index contributed by atoms with van der Waals surface area (Å²) >= 11 is 6.33. The van der Waals surface area contributed by atoms with Gasteiger partial charge >= 0.3 is 5.97 Å². The van der Waals surface area contributed by atoms with Crippen molar-refractivity contribution in [1.82, 2.24) is 4.98 Å². The van der Waals surface area contributed by atoms with Gasteiger partial charge in [0.15, 0.2) is 11.5 Å². The largest absolute Gasteiger partial charge is 0.493 e. The first-order valence-electron chi connectivity index (χ1n) is 17.0. The molecule has 4 aliphatic rings. The molecule has 2 heterocycles. The van der Waals surface area contributed by atoms with Crippen LogP contribution in [0.15, 0.2) is 48.7 Å². The van der Waals surface area contributed by atoms with Gasteiger partial charge in [0.2, 0.25) is 6.79 Å². The van der Waals surface area contributed by atoms with Crippen molar-refractivity contribution < 1.29 is 23.7 Å². The summed E-state index contributed by atoms with van der Waals surface area (Å²) in [6, 6.07) is 14.1. The molecule has 7 rings (SSSR count). The van der Waals surface area contributed by atoms with Gasteiger partial charge in [0.25, 0.3) is 0 Å². The SMILES string of the molecule is CCOC(=O)C1(Nc2cccc(Cl)c2)CCC2(CC1)c1cc3c(cc1C[C@@H]2C[C@@H](C)COc1ccnc2c1[C@H](C)CCC2)OCO3. The molecule has 2 aromatic carbocycles. The number of esters is 1. The van der Waals surface area contributed by atoms with Crippen molar-refractivity contribution in [3.63, 3.8) is 0 Å². The lowest BCUT2D eigenvalue weighted by Crippen LogP contribution is -2.54. The summed E-state index contributed by atoms with van der Waals surface area (Å²) in [6.45, 7) is 7.74. The van der Waals surface area contributed by atoms with Gasteiger partial charge in [0.05, 0.1) is 13.2 Å². The maximum Gasteiger partial charge on any atom is 0.331 e. The number of carbonyl (C=O) groups excluding carboxylic acids is 1. The van der Waals surface area contributed by atoms with Crippen LogP contribution in [0, 0.1) is 11.8 Å². The minimum absolute atomic E-state index is 0.0824. The first-order chi connectivity index (χ1) is 22.3. The molecule has 244 valence electrons. The Morgan fingerprint density at radius 2 is 1.93 bits per heavy atom. The molecule has 3 aromatic rings. The van der Waals surface area contributed by atoms with Gasteiger partial charge in [0, 0.05) is 28.2 Å². The molecule has 7 nitrogen and oxygen atoms in total. The average molecular weight is 645 g/mol. The van der Waals surface area contributed by atoms with E-state index in [-0.39, 0.29) is 18.2 Å². The topological polar surface area (TPSA) is 78.9 Å². The van der Waals surface area contributed by atoms with Crippen LogP contribution in [0.25, 0.3) is 0 Å². The van der Waals surface area contributed by atoms with Crippen LogP contribution < -0.4 is 19.5 Å². The Labute approximate surface area is 277 Å². The van der Waals surface area contributed by atoms with E-state index in [9.17, 15) is 4.79 Å². The van der Waals surface area contributed by atoms with Crippen LogP contribution in [0.2, 0.25) is 5.02 Å². The number of ether oxygens (including phenoxy) is 4. The molecule has 1 spiro atoms. The molecule has 0 bridgehead atoms. The van der Waals surface area contributed by atoms with E-state index in [0.29, 0.717) is 48.8 Å². The molecule has 1 saturated carbocycles. The number of fused-ring (bicyclic) bond motifs is 4. The predicted molar refractivity (Wildman–Crippen MR) is 179 cm³/mol. The van der Waals surface area contributed by atoms with E-state index < -0.39 is 5.54 Å². The van der Waals surface area contributed by atoms with E-state index in [1.54, 1.807) is 0 Å². The summed E-state index contributed by atoms with van der Waals surface area (Å²) in [6.07, 6.45) is 10.4. The second-order valence-electron chi connectivity index (χ2n) is 14.0. The van der Waals surface area contributed by atoms with E-state index in [0.717, 1.165) is 55.0 Å². The van der Waals surface area contributed by atoms with Crippen molar-refractivity contribution in [2.75, 3.05) is 25.3 Å². The Hall–Kier alpha value is -3.45. The summed E-state index contributed by atoms with van der Waals surface area (Å²) in [4.78, 5) is 18.3. The molecule has 0 radical (unpaired) electrons. The molecule has 0 unspecified atom stereocenters. The van der Waals surface area contributed by atoms with Crippen LogP contribution in [0.4, 0.5) is 5.69 Å². The standard InChI is InChI=1S/C38H45ClN2O5/c1-4-43-36(42)38(41-29-9-6-8-28(39)20-29)14-12-37(13-15-38)27(18-26-19-33-34(21-30(26)37)46-23-45-33)17-24(2)22-44-32-11-16-40-31-10-5-7-25(3)35(31)32/h6,8-9,11,16,19-21,24-25,27,41H,4-5,7,10,12-15,17-18,22-23H2,1-3H3/t24-,25-,27+,37?,38?/m1/s1. The number of carbonyl (C=O) groups is 1. The van der Waals surface area contributed by atoms with Gasteiger partial charge < -0.3 is 24.3 Å². The number of pyridine rings is 1. The summed E-state index contributed by atoms with van der Waals surface area (Å²) in [7, 11) is 0. The minimum Gasteiger partial charge on any atom is -0.493 e. The molecule has 0 amide bonds. The Kier molecular flexibility index (Phi) is 8.56. The van der Waals surface area contributed by atoms with Gasteiger partial charge in [-0.2, -0.15) is 0 Å². The minimum atomic E-state index is -0.818. The van der Waals surface area contributed by atoms with Crippen molar-refractivity contribution in [2.24, 2.45) is 11.8 Å². The molecule has 1 fully saturated rings. The Balaban J connectivity index is 1.14. The fourth-order valence-corrected chi connectivity index (χ4v) is 8.94. The first kappa shape index (κ1) is 31.2. The molecular weight excluding hydrogens is 600 g/mol. The van der Waals surface area contributed by atoms with Crippen LogP contribution in [-0.2, 0) is 27.8 Å². The molecule has 3 atom stereocenters. The fourth-order valence-electron chi connectivity index (χ4n) is 8.75. The molecule has 46 heavy (non-hydrogen) atoms. The van der Waals surface area contributed by atoms with Crippen molar-refractivity contribution in [3.05, 3.63) is 76.1 Å². The molecule has 1 aliphatic heterocycles. The number of aromatic nitrogens is 1. The number of nitrogens with zero attached hydrogens (tertiary/aromatic N) is 1. The highest BCUT2D eigenvalue weighted by Crippen LogP contribution is 2.58. The summed E-state index contributed by atoms with van der Waals surface area (Å²) in [5.41, 5.74) is 5.13. The van der Waals surface area contributed by atoms with Crippen molar-refractivity contribution in [3.8, 4) is 17.2 Å². The van der Waals surface area contributed by atoms with Crippen LogP contribution >= 0.6 is 11.6 Å². The molecular formula is C38H45ClN2O5. The van der Waals surface area contributed by atoms with E-state index in [4.69, 9.17) is 30.5 Å². The molecule has 8 heteroatoms. The number of benzene rings is 2. The maximum absolute atomic E-state index is 13.6. The number of halogens is 1. The van der Waals surface area contributed by atoms with Crippen LogP contribution in [-0.4, -0.2) is 36.5 Å². The Morgan fingerprint density at radius 3 is 2.72 bits per heavy atom. The number of anilines is 1. The number of aryl methyl sites for hydroxylation is 1. The predicted octanol–water partition coefficient (Wildman–Crippen LogP) is 8.41. The van der Waals surface area contributed by atoms with Crippen LogP contribution in [0.1, 0.15) is 94.0 Å². The zero-order valence-corrected chi connectivity index (χ0v) is 28.0. The van der Waals surface area contributed by atoms with Crippen LogP contribution in [0.3, 0.4) is 0 Å². The lowest BCUT2D eigenvalue weighted by atomic mass is 9.59. The third kappa shape index (κ3) is 5.69. The van der Waals surface area contributed by atoms with Gasteiger partial charge in [-0.1, -0.05) is 31.5 Å². The van der Waals surface area contributed by atoms with Crippen molar-refractivity contribution in [1.29, 1.82) is 0 Å². The van der Waals surface area contributed by atoms with E-state index in [1.807, 2.05) is 43.5 Å². The quantitative estimate of drug-likeness (QED) is 0.234. The number of nitrogens with one attached hydrogen (secondary N) is 1. The van der Waals surface area contributed by atoms with E-state index in [2.05, 4.69) is 36.3 Å². The molecule has 1 N–H and O–H groups in total. The zero-order valence-electron chi connectivity index (χ0n) is 27.2. The number of hydrogen-bond donors (Lipinski definition) is 1. The van der Waals surface area contributed by atoms with Crippen molar-refractivity contribution >= 4 is 23.3 Å². The second kappa shape index (κ2) is 12.6. The van der Waals surface area contributed by atoms with E-state index >= 15 is 0 Å². The highest BCUT2D eigenvalue weighted by molar-refractivity contribution is 6.30. The normalized spacial score (nSPS) is 26.7. The Morgan fingerprint density at radius 1 is 1.13 bits per heavy atom. The fraction of sp³-hybridized carbons (Fsp3) is 0.526. The monoisotopic (exact) mass is 644 g/mol. The summed E-state index contributed by atoms with van der Waals surface area (Å²) in [5.74, 6) is 3.70. The maximum atomic E-state index is 13.6. The molecule has 1 aromatic heterocycles. The van der Waals surface area contributed by atoms with Gasteiger partial charge in [-0.3, -0.25) is 4.98 Å². The lowest BCUT2D eigenvalue weighted by Gasteiger charge is -2.48. The Bertz CT molecular complexity index is 1600. The van der Waals surface area contributed by atoms with Gasteiger partial charge in [-0.25, -0.2) is 4.79 Å². The van der Waals surface area contributed by atoms with Gasteiger partial charge in [-0.15, -0.1) is 0 Å². The highest BCUT2D eigenvalue weighted by atomic mass is 35.5. The number of hydrogen-bond acceptors (Lipinski definition) is 7. The molecule has 0 saturated heterocycles. The smallest absolute Gasteiger partial charge is 0.331 e. The van der Waals surface area contributed by atoms with Gasteiger partial charge in [-0.05, 0) is 135 Å². The first-order valence-corrected chi connectivity index (χ1v) is 17.4. The van der Waals surface area contributed by atoms with Gasteiger partial charge in [0.1, 0.15) is 11.3 Å². The second-order valence-corrected chi connectivity index (χ2v) is 14.4. The third-order valence-electron chi connectivity index (χ3n) is 11.0.